The van der Waals surface area contributed by atoms with Crippen LogP contribution in [0.15, 0.2) is 115 Å². The van der Waals surface area contributed by atoms with Crippen LogP contribution in [0.25, 0.3) is 38.7 Å². The first-order chi connectivity index (χ1) is 22.0. The van der Waals surface area contributed by atoms with Crippen LogP contribution in [0.2, 0.25) is 0 Å². The maximum atomic E-state index is 11.1. The van der Waals surface area contributed by atoms with E-state index in [1.54, 1.807) is 11.1 Å². The first kappa shape index (κ1) is 27.6. The molecule has 0 fully saturated rings. The van der Waals surface area contributed by atoms with Crippen LogP contribution in [-0.4, -0.2) is 12.8 Å². The summed E-state index contributed by atoms with van der Waals surface area (Å²) in [5.74, 6) is 0. The monoisotopic (exact) mass is 583 g/mol. The molecule has 0 aromatic heterocycles. The van der Waals surface area contributed by atoms with Crippen LogP contribution in [0.3, 0.4) is 0 Å². The summed E-state index contributed by atoms with van der Waals surface area (Å²) in [5, 5.41) is 5.64. The van der Waals surface area contributed by atoms with Crippen molar-refractivity contribution in [2.75, 3.05) is 11.4 Å². The molecule has 2 nitrogen and oxygen atoms in total. The van der Waals surface area contributed by atoms with Gasteiger partial charge in [-0.25, -0.2) is 0 Å². The van der Waals surface area contributed by atoms with E-state index >= 15 is 0 Å². The van der Waals surface area contributed by atoms with Gasteiger partial charge in [0, 0.05) is 28.9 Å². The molecule has 0 unspecified atom stereocenters. The van der Waals surface area contributed by atoms with E-state index in [0.717, 1.165) is 24.1 Å². The molecule has 0 atom stereocenters. The van der Waals surface area contributed by atoms with E-state index in [0.29, 0.717) is 5.56 Å². The standard InChI is InChI=1S/C25H21NO.C18H16/c1-25(2)22-8-4-3-7-20(22)21-11-10-19(15-23(21)25)26-13-5-6-18-14-17(16-27)9-12-24(18)26;1-3-7-15-13(5-1)9-11-18-16-8-4-2-6-14(16)10-12-17(15)18/h3-12,14-16H,13H2,1-2H3;1,3,5,7,9-12H,2,4,6,8H2. The summed E-state index contributed by atoms with van der Waals surface area (Å²) in [7, 11) is 0. The largest absolute Gasteiger partial charge is 0.337 e. The van der Waals surface area contributed by atoms with Crippen molar-refractivity contribution in [1.82, 2.24) is 0 Å². The van der Waals surface area contributed by atoms with E-state index in [1.807, 2.05) is 12.1 Å². The minimum atomic E-state index is -0.00221. The van der Waals surface area contributed by atoms with Crippen LogP contribution in [0, 0.1) is 0 Å². The Hall–Kier alpha value is -4.95. The number of carbonyl (C=O) groups excluding carboxylic acids is 1. The quantitative estimate of drug-likeness (QED) is 0.149. The van der Waals surface area contributed by atoms with Gasteiger partial charge in [0.2, 0.25) is 0 Å². The molecule has 0 amide bonds. The average Bonchev–Trinajstić information content (AvgIpc) is 3.33. The van der Waals surface area contributed by atoms with Gasteiger partial charge in [0.1, 0.15) is 6.29 Å². The Morgan fingerprint density at radius 3 is 2.40 bits per heavy atom. The maximum Gasteiger partial charge on any atom is 0.150 e. The first-order valence-corrected chi connectivity index (χ1v) is 16.2. The van der Waals surface area contributed by atoms with Crippen molar-refractivity contribution in [3.05, 3.63) is 149 Å². The van der Waals surface area contributed by atoms with Gasteiger partial charge in [-0.05, 0) is 117 Å². The second kappa shape index (κ2) is 10.9. The SMILES string of the molecule is CC1(C)c2ccccc2-c2ccc(N3CC=Cc4cc(C=O)ccc43)cc21.c1ccc2c(c1)ccc1c3c(ccc12)CCCC3. The van der Waals surface area contributed by atoms with E-state index in [-0.39, 0.29) is 5.41 Å². The number of fused-ring (bicyclic) bond motifs is 9. The van der Waals surface area contributed by atoms with Crippen molar-refractivity contribution in [2.24, 2.45) is 0 Å². The van der Waals surface area contributed by atoms with Crippen LogP contribution < -0.4 is 4.90 Å². The minimum Gasteiger partial charge on any atom is -0.337 e. The zero-order valence-electron chi connectivity index (χ0n) is 26.0. The number of rotatable bonds is 2. The molecule has 0 radical (unpaired) electrons. The van der Waals surface area contributed by atoms with Crippen LogP contribution >= 0.6 is 0 Å². The average molecular weight is 584 g/mol. The van der Waals surface area contributed by atoms with E-state index in [1.165, 1.54) is 75.2 Å². The van der Waals surface area contributed by atoms with Gasteiger partial charge in [-0.3, -0.25) is 4.79 Å². The molecular weight excluding hydrogens is 546 g/mol. The number of hydrogen-bond acceptors (Lipinski definition) is 2. The fraction of sp³-hybridized carbons (Fsp3) is 0.186. The lowest BCUT2D eigenvalue weighted by Crippen LogP contribution is -2.21. The molecule has 2 heteroatoms. The van der Waals surface area contributed by atoms with Gasteiger partial charge in [0.15, 0.2) is 0 Å². The highest BCUT2D eigenvalue weighted by Crippen LogP contribution is 2.50. The maximum absolute atomic E-state index is 11.1. The number of aryl methyl sites for hydroxylation is 2. The third-order valence-electron chi connectivity index (χ3n) is 10.2. The zero-order chi connectivity index (χ0) is 30.5. The lowest BCUT2D eigenvalue weighted by molar-refractivity contribution is 0.112. The lowest BCUT2D eigenvalue weighted by atomic mass is 9.82. The number of anilines is 2. The Morgan fingerprint density at radius 1 is 0.689 bits per heavy atom. The molecular formula is C43H37NO. The molecule has 0 bridgehead atoms. The molecule has 0 N–H and O–H groups in total. The van der Waals surface area contributed by atoms with Gasteiger partial charge in [-0.1, -0.05) is 105 Å². The van der Waals surface area contributed by atoms with Gasteiger partial charge in [0.05, 0.1) is 0 Å². The second-order valence-corrected chi connectivity index (χ2v) is 13.1. The van der Waals surface area contributed by atoms with Crippen LogP contribution in [-0.2, 0) is 18.3 Å². The molecule has 6 aromatic carbocycles. The van der Waals surface area contributed by atoms with Gasteiger partial charge >= 0.3 is 0 Å². The summed E-state index contributed by atoms with van der Waals surface area (Å²) < 4.78 is 0. The van der Waals surface area contributed by atoms with Crippen molar-refractivity contribution in [2.45, 2.75) is 44.9 Å². The zero-order valence-corrected chi connectivity index (χ0v) is 26.0. The smallest absolute Gasteiger partial charge is 0.150 e. The molecule has 0 saturated heterocycles. The van der Waals surface area contributed by atoms with Crippen LogP contribution in [0.5, 0.6) is 0 Å². The first-order valence-electron chi connectivity index (χ1n) is 16.2. The number of carbonyl (C=O) groups is 1. The van der Waals surface area contributed by atoms with E-state index in [9.17, 15) is 4.79 Å². The Labute approximate surface area is 265 Å². The van der Waals surface area contributed by atoms with E-state index in [2.05, 4.69) is 128 Å². The minimum absolute atomic E-state index is 0.00221. The second-order valence-electron chi connectivity index (χ2n) is 13.1. The molecule has 45 heavy (non-hydrogen) atoms. The van der Waals surface area contributed by atoms with Crippen LogP contribution in [0.1, 0.15) is 64.9 Å². The Kier molecular flexibility index (Phi) is 6.68. The van der Waals surface area contributed by atoms with Crippen molar-refractivity contribution in [3.8, 4) is 11.1 Å². The van der Waals surface area contributed by atoms with Gasteiger partial charge in [-0.2, -0.15) is 0 Å². The molecule has 6 aromatic rings. The molecule has 9 rings (SSSR count). The van der Waals surface area contributed by atoms with Crippen molar-refractivity contribution >= 4 is 45.3 Å². The van der Waals surface area contributed by atoms with Crippen molar-refractivity contribution in [1.29, 1.82) is 0 Å². The molecule has 1 heterocycles. The summed E-state index contributed by atoms with van der Waals surface area (Å²) in [6.07, 6.45) is 10.4. The number of hydrogen-bond donors (Lipinski definition) is 0. The van der Waals surface area contributed by atoms with E-state index < -0.39 is 0 Å². The summed E-state index contributed by atoms with van der Waals surface area (Å²) in [6, 6.07) is 39.4. The number of aldehydes is 1. The predicted octanol–water partition coefficient (Wildman–Crippen LogP) is 10.8. The Morgan fingerprint density at radius 2 is 1.49 bits per heavy atom. The normalized spacial score (nSPS) is 15.5. The molecule has 1 aliphatic heterocycles. The van der Waals surface area contributed by atoms with Gasteiger partial charge < -0.3 is 4.90 Å². The van der Waals surface area contributed by atoms with Crippen molar-refractivity contribution in [3.63, 3.8) is 0 Å². The summed E-state index contributed by atoms with van der Waals surface area (Å²) in [5.41, 5.74) is 12.8. The summed E-state index contributed by atoms with van der Waals surface area (Å²) >= 11 is 0. The predicted molar refractivity (Wildman–Crippen MR) is 190 cm³/mol. The van der Waals surface area contributed by atoms with Gasteiger partial charge in [0.25, 0.3) is 0 Å². The van der Waals surface area contributed by atoms with Crippen molar-refractivity contribution < 1.29 is 4.79 Å². The summed E-state index contributed by atoms with van der Waals surface area (Å²) in [6.45, 7) is 5.45. The molecule has 3 aliphatic rings. The molecule has 220 valence electrons. The third kappa shape index (κ3) is 4.59. The lowest BCUT2D eigenvalue weighted by Gasteiger charge is -2.30. The van der Waals surface area contributed by atoms with Gasteiger partial charge in [-0.15, -0.1) is 0 Å². The number of nitrogens with zero attached hydrogens (tertiary/aromatic N) is 1. The fourth-order valence-corrected chi connectivity index (χ4v) is 7.86. The Balaban J connectivity index is 0.000000144. The number of benzene rings is 6. The fourth-order valence-electron chi connectivity index (χ4n) is 7.86. The molecule has 2 aliphatic carbocycles. The Bertz CT molecular complexity index is 2150. The topological polar surface area (TPSA) is 20.3 Å². The highest BCUT2D eigenvalue weighted by atomic mass is 16.1. The van der Waals surface area contributed by atoms with E-state index in [4.69, 9.17) is 0 Å². The van der Waals surface area contributed by atoms with Crippen LogP contribution in [0.4, 0.5) is 11.4 Å². The third-order valence-corrected chi connectivity index (χ3v) is 10.2. The summed E-state index contributed by atoms with van der Waals surface area (Å²) in [4.78, 5) is 13.4. The highest BCUT2D eigenvalue weighted by Gasteiger charge is 2.35. The molecule has 0 saturated carbocycles. The highest BCUT2D eigenvalue weighted by molar-refractivity contribution is 6.08. The molecule has 0 spiro atoms.